The average Bonchev–Trinajstić information content (AvgIpc) is 2.46. The number of nitrogens with zero attached hydrogens (tertiary/aromatic N) is 1. The van der Waals surface area contributed by atoms with E-state index in [4.69, 9.17) is 4.74 Å². The standard InChI is InChI=1S/C15H20N2O2/c1-17-7-6-16-10-13(17)15(18)12-4-5-14-11(9-12)3-2-8-19-14/h4-5,9,13,16H,2-3,6-8,10H2,1H3. The largest absolute Gasteiger partial charge is 0.493 e. The minimum atomic E-state index is -0.0451. The summed E-state index contributed by atoms with van der Waals surface area (Å²) in [5.41, 5.74) is 1.98. The number of benzene rings is 1. The molecule has 1 unspecified atom stereocenters. The summed E-state index contributed by atoms with van der Waals surface area (Å²) in [6, 6.07) is 5.81. The fourth-order valence-electron chi connectivity index (χ4n) is 2.80. The number of nitrogens with one attached hydrogen (secondary N) is 1. The zero-order valence-corrected chi connectivity index (χ0v) is 11.3. The third kappa shape index (κ3) is 2.51. The van der Waals surface area contributed by atoms with Crippen molar-refractivity contribution in [1.82, 2.24) is 10.2 Å². The summed E-state index contributed by atoms with van der Waals surface area (Å²) < 4.78 is 5.59. The normalized spacial score (nSPS) is 23.5. The van der Waals surface area contributed by atoms with E-state index >= 15 is 0 Å². The zero-order valence-electron chi connectivity index (χ0n) is 11.3. The highest BCUT2D eigenvalue weighted by Gasteiger charge is 2.27. The number of ether oxygens (including phenoxy) is 1. The molecule has 3 rings (SSSR count). The number of hydrogen-bond acceptors (Lipinski definition) is 4. The van der Waals surface area contributed by atoms with Crippen molar-refractivity contribution in [3.05, 3.63) is 29.3 Å². The number of piperazine rings is 1. The van der Waals surface area contributed by atoms with Crippen LogP contribution in [0.1, 0.15) is 22.3 Å². The lowest BCUT2D eigenvalue weighted by atomic mass is 9.97. The highest BCUT2D eigenvalue weighted by molar-refractivity contribution is 6.00. The van der Waals surface area contributed by atoms with Crippen LogP contribution < -0.4 is 10.1 Å². The molecule has 0 radical (unpaired) electrons. The van der Waals surface area contributed by atoms with Gasteiger partial charge in [0.2, 0.25) is 0 Å². The van der Waals surface area contributed by atoms with Crippen molar-refractivity contribution < 1.29 is 9.53 Å². The highest BCUT2D eigenvalue weighted by atomic mass is 16.5. The molecular weight excluding hydrogens is 240 g/mol. The van der Waals surface area contributed by atoms with Gasteiger partial charge in [-0.2, -0.15) is 0 Å². The van der Waals surface area contributed by atoms with Crippen LogP contribution in [0.3, 0.4) is 0 Å². The van der Waals surface area contributed by atoms with Crippen molar-refractivity contribution in [2.75, 3.05) is 33.3 Å². The first kappa shape index (κ1) is 12.6. The number of carbonyl (C=O) groups excluding carboxylic acids is 1. The molecule has 1 saturated heterocycles. The van der Waals surface area contributed by atoms with Crippen molar-refractivity contribution in [3.8, 4) is 5.75 Å². The molecule has 0 amide bonds. The van der Waals surface area contributed by atoms with E-state index in [0.29, 0.717) is 0 Å². The van der Waals surface area contributed by atoms with Gasteiger partial charge < -0.3 is 10.1 Å². The summed E-state index contributed by atoms with van der Waals surface area (Å²) in [7, 11) is 2.02. The third-order valence-corrected chi connectivity index (χ3v) is 4.01. The Labute approximate surface area is 113 Å². The second-order valence-corrected chi connectivity index (χ2v) is 5.34. The monoisotopic (exact) mass is 260 g/mol. The van der Waals surface area contributed by atoms with Crippen molar-refractivity contribution >= 4 is 5.78 Å². The van der Waals surface area contributed by atoms with E-state index in [9.17, 15) is 4.79 Å². The van der Waals surface area contributed by atoms with Crippen LogP contribution in [-0.2, 0) is 6.42 Å². The Morgan fingerprint density at radius 3 is 3.21 bits per heavy atom. The average molecular weight is 260 g/mol. The molecule has 0 aromatic heterocycles. The van der Waals surface area contributed by atoms with Crippen LogP contribution in [0.15, 0.2) is 18.2 Å². The summed E-state index contributed by atoms with van der Waals surface area (Å²) >= 11 is 0. The van der Waals surface area contributed by atoms with Gasteiger partial charge in [-0.15, -0.1) is 0 Å². The second-order valence-electron chi connectivity index (χ2n) is 5.34. The molecule has 1 aromatic carbocycles. The van der Waals surface area contributed by atoms with Crippen LogP contribution in [0.2, 0.25) is 0 Å². The summed E-state index contributed by atoms with van der Waals surface area (Å²) in [6.07, 6.45) is 2.05. The molecule has 0 bridgehead atoms. The maximum absolute atomic E-state index is 12.6. The van der Waals surface area contributed by atoms with Crippen LogP contribution in [0.25, 0.3) is 0 Å². The van der Waals surface area contributed by atoms with Gasteiger partial charge in [-0.05, 0) is 43.7 Å². The molecule has 1 aromatic rings. The molecule has 1 atom stereocenters. The number of ketones is 1. The number of hydrogen-bond donors (Lipinski definition) is 1. The first-order valence-corrected chi connectivity index (χ1v) is 6.96. The van der Waals surface area contributed by atoms with Gasteiger partial charge in [-0.3, -0.25) is 9.69 Å². The molecule has 4 heteroatoms. The zero-order chi connectivity index (χ0) is 13.2. The topological polar surface area (TPSA) is 41.6 Å². The van der Waals surface area contributed by atoms with Crippen molar-refractivity contribution in [2.24, 2.45) is 0 Å². The third-order valence-electron chi connectivity index (χ3n) is 4.01. The van der Waals surface area contributed by atoms with Gasteiger partial charge in [-0.25, -0.2) is 0 Å². The SMILES string of the molecule is CN1CCNCC1C(=O)c1ccc2c(c1)CCCO2. The molecule has 19 heavy (non-hydrogen) atoms. The van der Waals surface area contributed by atoms with Crippen LogP contribution >= 0.6 is 0 Å². The Hall–Kier alpha value is -1.39. The predicted molar refractivity (Wildman–Crippen MR) is 73.9 cm³/mol. The van der Waals surface area contributed by atoms with E-state index in [1.807, 2.05) is 25.2 Å². The maximum atomic E-state index is 12.6. The predicted octanol–water partition coefficient (Wildman–Crippen LogP) is 1.10. The number of Topliss-reactive ketones (excluding diaryl/α,β-unsaturated/α-hetero) is 1. The Morgan fingerprint density at radius 1 is 1.47 bits per heavy atom. The molecule has 1 N–H and O–H groups in total. The van der Waals surface area contributed by atoms with Gasteiger partial charge in [0.1, 0.15) is 5.75 Å². The van der Waals surface area contributed by atoms with E-state index < -0.39 is 0 Å². The Kier molecular flexibility index (Phi) is 3.53. The van der Waals surface area contributed by atoms with E-state index in [2.05, 4.69) is 10.2 Å². The van der Waals surface area contributed by atoms with Crippen LogP contribution in [0.5, 0.6) is 5.75 Å². The molecule has 4 nitrogen and oxygen atoms in total. The minimum absolute atomic E-state index is 0.0451. The van der Waals surface area contributed by atoms with Gasteiger partial charge >= 0.3 is 0 Å². The first-order chi connectivity index (χ1) is 9.25. The minimum Gasteiger partial charge on any atom is -0.493 e. The van der Waals surface area contributed by atoms with Gasteiger partial charge in [0.15, 0.2) is 5.78 Å². The van der Waals surface area contributed by atoms with Crippen LogP contribution in [0, 0.1) is 0 Å². The van der Waals surface area contributed by atoms with E-state index in [1.54, 1.807) is 0 Å². The van der Waals surface area contributed by atoms with Crippen LogP contribution in [-0.4, -0.2) is 50.0 Å². The van der Waals surface area contributed by atoms with Gasteiger partial charge in [-0.1, -0.05) is 0 Å². The van der Waals surface area contributed by atoms with E-state index in [-0.39, 0.29) is 11.8 Å². The van der Waals surface area contributed by atoms with E-state index in [0.717, 1.165) is 50.4 Å². The molecular formula is C15H20N2O2. The van der Waals surface area contributed by atoms with Crippen molar-refractivity contribution in [2.45, 2.75) is 18.9 Å². The molecule has 2 aliphatic rings. The van der Waals surface area contributed by atoms with Gasteiger partial charge in [0, 0.05) is 25.2 Å². The summed E-state index contributed by atoms with van der Waals surface area (Å²) in [5.74, 6) is 1.15. The molecule has 1 fully saturated rings. The summed E-state index contributed by atoms with van der Waals surface area (Å²) in [4.78, 5) is 14.7. The molecule has 2 aliphatic heterocycles. The molecule has 2 heterocycles. The summed E-state index contributed by atoms with van der Waals surface area (Å²) in [5, 5.41) is 3.29. The fraction of sp³-hybridized carbons (Fsp3) is 0.533. The molecule has 102 valence electrons. The van der Waals surface area contributed by atoms with Gasteiger partial charge in [0.25, 0.3) is 0 Å². The number of likely N-dealkylation sites (N-methyl/N-ethyl adjacent to an activating group) is 1. The highest BCUT2D eigenvalue weighted by Crippen LogP contribution is 2.26. The second kappa shape index (κ2) is 5.31. The molecule has 0 saturated carbocycles. The van der Waals surface area contributed by atoms with Crippen molar-refractivity contribution in [1.29, 1.82) is 0 Å². The Balaban J connectivity index is 1.83. The lowest BCUT2D eigenvalue weighted by Crippen LogP contribution is -2.53. The fourth-order valence-corrected chi connectivity index (χ4v) is 2.80. The Bertz CT molecular complexity index is 487. The van der Waals surface area contributed by atoms with Crippen molar-refractivity contribution in [3.63, 3.8) is 0 Å². The lowest BCUT2D eigenvalue weighted by Gasteiger charge is -2.32. The smallest absolute Gasteiger partial charge is 0.181 e. The summed E-state index contributed by atoms with van der Waals surface area (Å²) in [6.45, 7) is 3.40. The van der Waals surface area contributed by atoms with E-state index in [1.165, 1.54) is 5.56 Å². The van der Waals surface area contributed by atoms with Crippen LogP contribution in [0.4, 0.5) is 0 Å². The Morgan fingerprint density at radius 2 is 2.37 bits per heavy atom. The number of aryl methyl sites for hydroxylation is 1. The number of carbonyl (C=O) groups is 1. The van der Waals surface area contributed by atoms with Gasteiger partial charge in [0.05, 0.1) is 12.6 Å². The maximum Gasteiger partial charge on any atom is 0.181 e. The quantitative estimate of drug-likeness (QED) is 0.809. The first-order valence-electron chi connectivity index (χ1n) is 6.96. The molecule has 0 spiro atoms. The lowest BCUT2D eigenvalue weighted by molar-refractivity contribution is 0.0819. The molecule has 0 aliphatic carbocycles. The number of fused-ring (bicyclic) bond motifs is 1. The number of rotatable bonds is 2.